The van der Waals surface area contributed by atoms with Gasteiger partial charge in [-0.1, -0.05) is 0 Å². The molecule has 0 saturated heterocycles. The molecule has 3 atom stereocenters. The van der Waals surface area contributed by atoms with Crippen LogP contribution in [0, 0.1) is 0 Å². The quantitative estimate of drug-likeness (QED) is 0.463. The van der Waals surface area contributed by atoms with Crippen molar-refractivity contribution in [2.24, 2.45) is 5.73 Å². The van der Waals surface area contributed by atoms with E-state index < -0.39 is 17.7 Å². The number of hydrogen-bond donors (Lipinski definition) is 3. The average molecular weight is 161 g/mol. The Hall–Kier alpha value is -0.450. The molecule has 0 aromatic carbocycles. The van der Waals surface area contributed by atoms with Crippen LogP contribution in [0.2, 0.25) is 0 Å². The Labute approximate surface area is 66.0 Å². The maximum absolute atomic E-state index is 10.1. The fraction of sp³-hybridized carbons (Fsp3) is 0.857. The first-order valence-electron chi connectivity index (χ1n) is 3.50. The summed E-state index contributed by atoms with van der Waals surface area (Å²) in [5.41, 5.74) is 4.50. The molecule has 0 aromatic rings. The van der Waals surface area contributed by atoms with E-state index in [0.29, 0.717) is 6.29 Å². The highest BCUT2D eigenvalue weighted by Gasteiger charge is 2.31. The standard InChI is InChI=1S/C7H15NO3/c1-5(10)6(11)7(2,8)3-4-9/h4-6,10-11H,3,8H2,1-2H3/t5-,6+,7-/m1/s1. The molecule has 0 radical (unpaired) electrons. The second kappa shape index (κ2) is 3.80. The molecule has 0 bridgehead atoms. The van der Waals surface area contributed by atoms with Crippen molar-refractivity contribution in [1.29, 1.82) is 0 Å². The summed E-state index contributed by atoms with van der Waals surface area (Å²) in [6, 6.07) is 0. The average Bonchev–Trinajstić information content (AvgIpc) is 1.86. The monoisotopic (exact) mass is 161 g/mol. The lowest BCUT2D eigenvalue weighted by Gasteiger charge is -2.30. The van der Waals surface area contributed by atoms with Gasteiger partial charge >= 0.3 is 0 Å². The molecule has 0 aromatic heterocycles. The molecular weight excluding hydrogens is 146 g/mol. The maximum Gasteiger partial charge on any atom is 0.121 e. The molecule has 0 heterocycles. The Balaban J connectivity index is 4.15. The zero-order valence-corrected chi connectivity index (χ0v) is 6.82. The fourth-order valence-corrected chi connectivity index (χ4v) is 0.851. The first-order chi connectivity index (χ1) is 4.91. The highest BCUT2D eigenvalue weighted by Crippen LogP contribution is 2.12. The van der Waals surface area contributed by atoms with E-state index in [-0.39, 0.29) is 6.42 Å². The zero-order valence-electron chi connectivity index (χ0n) is 6.82. The third-order valence-corrected chi connectivity index (χ3v) is 1.66. The summed E-state index contributed by atoms with van der Waals surface area (Å²) in [7, 11) is 0. The van der Waals surface area contributed by atoms with Gasteiger partial charge in [-0.2, -0.15) is 0 Å². The van der Waals surface area contributed by atoms with Gasteiger partial charge in [0.2, 0.25) is 0 Å². The summed E-state index contributed by atoms with van der Waals surface area (Å²) < 4.78 is 0. The number of nitrogens with two attached hydrogens (primary N) is 1. The van der Waals surface area contributed by atoms with Gasteiger partial charge in [-0.05, 0) is 13.8 Å². The molecule has 0 fully saturated rings. The molecule has 0 saturated carbocycles. The van der Waals surface area contributed by atoms with Gasteiger partial charge in [-0.3, -0.25) is 0 Å². The fourth-order valence-electron chi connectivity index (χ4n) is 0.851. The third kappa shape index (κ3) is 2.96. The number of rotatable bonds is 4. The van der Waals surface area contributed by atoms with Crippen LogP contribution in [-0.4, -0.2) is 34.2 Å². The highest BCUT2D eigenvalue weighted by molar-refractivity contribution is 5.51. The summed E-state index contributed by atoms with van der Waals surface area (Å²) in [4.78, 5) is 10.1. The number of hydrogen-bond acceptors (Lipinski definition) is 4. The minimum absolute atomic E-state index is 0.0407. The van der Waals surface area contributed by atoms with E-state index in [9.17, 15) is 9.90 Å². The van der Waals surface area contributed by atoms with Crippen LogP contribution >= 0.6 is 0 Å². The predicted octanol–water partition coefficient (Wildman–Crippen LogP) is -0.966. The largest absolute Gasteiger partial charge is 0.391 e. The van der Waals surface area contributed by atoms with Crippen LogP contribution in [0.4, 0.5) is 0 Å². The van der Waals surface area contributed by atoms with Crippen LogP contribution in [0.5, 0.6) is 0 Å². The summed E-state index contributed by atoms with van der Waals surface area (Å²) in [6.07, 6.45) is -1.30. The van der Waals surface area contributed by atoms with Crippen molar-refractivity contribution in [2.75, 3.05) is 0 Å². The Morgan fingerprint density at radius 3 is 2.36 bits per heavy atom. The van der Waals surface area contributed by atoms with Gasteiger partial charge in [-0.15, -0.1) is 0 Å². The van der Waals surface area contributed by atoms with Crippen LogP contribution in [0.1, 0.15) is 20.3 Å². The lowest BCUT2D eigenvalue weighted by molar-refractivity contribution is -0.110. The van der Waals surface area contributed by atoms with E-state index in [2.05, 4.69) is 0 Å². The summed E-state index contributed by atoms with van der Waals surface area (Å²) >= 11 is 0. The van der Waals surface area contributed by atoms with E-state index in [4.69, 9.17) is 10.8 Å². The molecule has 4 N–H and O–H groups in total. The number of aliphatic hydroxyl groups excluding tert-OH is 2. The normalized spacial score (nSPS) is 21.9. The van der Waals surface area contributed by atoms with E-state index >= 15 is 0 Å². The van der Waals surface area contributed by atoms with Crippen LogP contribution in [-0.2, 0) is 4.79 Å². The van der Waals surface area contributed by atoms with Crippen LogP contribution < -0.4 is 5.73 Å². The van der Waals surface area contributed by atoms with Crippen molar-refractivity contribution in [3.8, 4) is 0 Å². The molecule has 0 amide bonds. The van der Waals surface area contributed by atoms with Crippen molar-refractivity contribution in [3.63, 3.8) is 0 Å². The zero-order chi connectivity index (χ0) is 9.07. The Bertz CT molecular complexity index is 134. The molecular formula is C7H15NO3. The Morgan fingerprint density at radius 2 is 2.09 bits per heavy atom. The van der Waals surface area contributed by atoms with Gasteiger partial charge in [0, 0.05) is 12.0 Å². The summed E-state index contributed by atoms with van der Waals surface area (Å²) in [6.45, 7) is 2.96. The van der Waals surface area contributed by atoms with E-state index in [1.165, 1.54) is 13.8 Å². The number of aldehydes is 1. The third-order valence-electron chi connectivity index (χ3n) is 1.66. The Kier molecular flexibility index (Phi) is 3.65. The van der Waals surface area contributed by atoms with Crippen LogP contribution in [0.25, 0.3) is 0 Å². The molecule has 11 heavy (non-hydrogen) atoms. The number of aliphatic hydroxyl groups is 2. The molecule has 4 nitrogen and oxygen atoms in total. The molecule has 0 rings (SSSR count). The SMILES string of the molecule is C[C@@H](O)[C@H](O)[C@](C)(N)CC=O. The molecule has 66 valence electrons. The van der Waals surface area contributed by atoms with Gasteiger partial charge < -0.3 is 20.7 Å². The van der Waals surface area contributed by atoms with Gasteiger partial charge in [0.25, 0.3) is 0 Å². The van der Waals surface area contributed by atoms with E-state index in [1.807, 2.05) is 0 Å². The van der Waals surface area contributed by atoms with Crippen molar-refractivity contribution in [1.82, 2.24) is 0 Å². The maximum atomic E-state index is 10.1. The highest BCUT2D eigenvalue weighted by atomic mass is 16.3. The second-order valence-electron chi connectivity index (χ2n) is 3.06. The van der Waals surface area contributed by atoms with Crippen molar-refractivity contribution < 1.29 is 15.0 Å². The van der Waals surface area contributed by atoms with Gasteiger partial charge in [0.15, 0.2) is 0 Å². The van der Waals surface area contributed by atoms with Crippen molar-refractivity contribution >= 4 is 6.29 Å². The number of carbonyl (C=O) groups excluding carboxylic acids is 1. The predicted molar refractivity (Wildman–Crippen MR) is 41.0 cm³/mol. The van der Waals surface area contributed by atoms with E-state index in [1.54, 1.807) is 0 Å². The molecule has 0 aliphatic rings. The minimum Gasteiger partial charge on any atom is -0.391 e. The Morgan fingerprint density at radius 1 is 1.64 bits per heavy atom. The van der Waals surface area contributed by atoms with Crippen LogP contribution in [0.3, 0.4) is 0 Å². The lowest BCUT2D eigenvalue weighted by atomic mass is 9.90. The first-order valence-corrected chi connectivity index (χ1v) is 3.50. The second-order valence-corrected chi connectivity index (χ2v) is 3.06. The molecule has 4 heteroatoms. The molecule has 0 aliphatic heterocycles. The van der Waals surface area contributed by atoms with Crippen LogP contribution in [0.15, 0.2) is 0 Å². The molecule has 0 spiro atoms. The number of carbonyl (C=O) groups is 1. The summed E-state index contributed by atoms with van der Waals surface area (Å²) in [5, 5.41) is 18.2. The lowest BCUT2D eigenvalue weighted by Crippen LogP contribution is -2.53. The minimum atomic E-state index is -1.06. The molecule has 0 unspecified atom stereocenters. The smallest absolute Gasteiger partial charge is 0.121 e. The topological polar surface area (TPSA) is 83.6 Å². The van der Waals surface area contributed by atoms with E-state index in [0.717, 1.165) is 0 Å². The van der Waals surface area contributed by atoms with Crippen molar-refractivity contribution in [3.05, 3.63) is 0 Å². The summed E-state index contributed by atoms with van der Waals surface area (Å²) in [5.74, 6) is 0. The van der Waals surface area contributed by atoms with Crippen molar-refractivity contribution in [2.45, 2.75) is 38.0 Å². The van der Waals surface area contributed by atoms with Gasteiger partial charge in [0.05, 0.1) is 12.2 Å². The van der Waals surface area contributed by atoms with Gasteiger partial charge in [-0.25, -0.2) is 0 Å². The first kappa shape index (κ1) is 10.6. The molecule has 0 aliphatic carbocycles. The van der Waals surface area contributed by atoms with Gasteiger partial charge in [0.1, 0.15) is 6.29 Å².